The van der Waals surface area contributed by atoms with E-state index in [2.05, 4.69) is 60.8 Å². The molecule has 0 saturated heterocycles. The Bertz CT molecular complexity index is 1800. The Labute approximate surface area is 253 Å². The zero-order valence-corrected chi connectivity index (χ0v) is 24.8. The van der Waals surface area contributed by atoms with E-state index < -0.39 is 5.41 Å². The Kier molecular flexibility index (Phi) is 6.72. The number of carbonyl (C=O) groups is 2. The van der Waals surface area contributed by atoms with Gasteiger partial charge in [-0.2, -0.15) is 0 Å². The van der Waals surface area contributed by atoms with Gasteiger partial charge in [-0.1, -0.05) is 73.7 Å². The van der Waals surface area contributed by atoms with Gasteiger partial charge in [-0.05, 0) is 64.7 Å². The molecule has 1 amide bonds. The molecule has 1 unspecified atom stereocenters. The first-order chi connectivity index (χ1) is 20.4. The first kappa shape index (κ1) is 26.7. The van der Waals surface area contributed by atoms with Crippen molar-refractivity contribution in [3.8, 4) is 17.0 Å². The van der Waals surface area contributed by atoms with Gasteiger partial charge in [0.05, 0.1) is 12.8 Å². The highest BCUT2D eigenvalue weighted by atomic mass is 32.2. The van der Waals surface area contributed by atoms with Crippen LogP contribution in [0.15, 0.2) is 107 Å². The van der Waals surface area contributed by atoms with Crippen LogP contribution in [0, 0.1) is 5.41 Å². The van der Waals surface area contributed by atoms with Gasteiger partial charge in [-0.3, -0.25) is 9.59 Å². The van der Waals surface area contributed by atoms with Gasteiger partial charge in [0.15, 0.2) is 4.34 Å². The summed E-state index contributed by atoms with van der Waals surface area (Å²) in [5.41, 5.74) is 7.46. The number of ether oxygens (including phenoxy) is 1. The van der Waals surface area contributed by atoms with Gasteiger partial charge in [0, 0.05) is 45.5 Å². The van der Waals surface area contributed by atoms with Crippen LogP contribution in [0.1, 0.15) is 57.8 Å². The van der Waals surface area contributed by atoms with Gasteiger partial charge in [0.25, 0.3) is 5.91 Å². The molecule has 5 nitrogen and oxygen atoms in total. The number of amides is 1. The Balaban J connectivity index is 1.11. The second-order valence-electron chi connectivity index (χ2n) is 11.0. The number of benzene rings is 4. The van der Waals surface area contributed by atoms with E-state index in [1.165, 1.54) is 45.4 Å². The van der Waals surface area contributed by atoms with Crippen LogP contribution < -0.4 is 10.1 Å². The molecule has 5 aromatic rings. The molecule has 1 N–H and O–H groups in total. The molecule has 0 spiro atoms. The van der Waals surface area contributed by atoms with E-state index in [1.54, 1.807) is 19.2 Å². The molecule has 4 aromatic carbocycles. The predicted octanol–water partition coefficient (Wildman–Crippen LogP) is 8.38. The molecular weight excluding hydrogens is 561 g/mol. The molecule has 0 saturated carbocycles. The summed E-state index contributed by atoms with van der Waals surface area (Å²) >= 11 is 2.71. The summed E-state index contributed by atoms with van der Waals surface area (Å²) in [6.07, 6.45) is 0.792. The van der Waals surface area contributed by atoms with E-state index in [4.69, 9.17) is 9.72 Å². The van der Waals surface area contributed by atoms with E-state index in [1.807, 2.05) is 41.8 Å². The number of rotatable bonds is 6. The van der Waals surface area contributed by atoms with E-state index in [0.29, 0.717) is 21.3 Å². The van der Waals surface area contributed by atoms with Gasteiger partial charge in [0.2, 0.25) is 5.12 Å². The minimum Gasteiger partial charge on any atom is -0.497 e. The van der Waals surface area contributed by atoms with Crippen LogP contribution in [0.3, 0.4) is 0 Å². The predicted molar refractivity (Wildman–Crippen MR) is 169 cm³/mol. The van der Waals surface area contributed by atoms with Crippen LogP contribution in [-0.4, -0.2) is 23.1 Å². The number of nitrogens with zero attached hydrogens (tertiary/aromatic N) is 1. The zero-order chi connectivity index (χ0) is 28.8. The number of hydrogen-bond donors (Lipinski definition) is 1. The second kappa shape index (κ2) is 10.6. The number of aromatic nitrogens is 1. The standard InChI is InChI=1S/C35H28N2O3S2/c1-35(19-29-25-13-3-5-15-27(25)31(35)28-16-6-4-14-26(28)29)33(39)42-34-37-30(20-41-34)21-9-7-10-22(17-21)32(38)36-23-11-8-12-24(18-23)40-2/h3-18,20,29,31H,19H2,1-2H3,(H,36,38). The van der Waals surface area contributed by atoms with Crippen LogP contribution in [0.25, 0.3) is 11.3 Å². The van der Waals surface area contributed by atoms with Crippen molar-refractivity contribution in [1.82, 2.24) is 4.98 Å². The molecule has 208 valence electrons. The summed E-state index contributed by atoms with van der Waals surface area (Å²) in [5, 5.41) is 5.03. The lowest BCUT2D eigenvalue weighted by atomic mass is 9.53. The van der Waals surface area contributed by atoms with Crippen molar-refractivity contribution >= 4 is 39.8 Å². The molecule has 1 heterocycles. The molecule has 8 rings (SSSR count). The molecule has 1 atom stereocenters. The van der Waals surface area contributed by atoms with Crippen LogP contribution in [0.5, 0.6) is 5.75 Å². The summed E-state index contributed by atoms with van der Waals surface area (Å²) < 4.78 is 5.97. The van der Waals surface area contributed by atoms with Crippen LogP contribution in [0.2, 0.25) is 0 Å². The van der Waals surface area contributed by atoms with Gasteiger partial charge in [-0.15, -0.1) is 11.3 Å². The monoisotopic (exact) mass is 588 g/mol. The number of thiazole rings is 1. The van der Waals surface area contributed by atoms with E-state index in [0.717, 1.165) is 17.7 Å². The fraction of sp³-hybridized carbons (Fsp3) is 0.171. The van der Waals surface area contributed by atoms with Crippen molar-refractivity contribution in [3.63, 3.8) is 0 Å². The first-order valence-corrected chi connectivity index (χ1v) is 15.6. The third kappa shape index (κ3) is 4.53. The van der Waals surface area contributed by atoms with Crippen LogP contribution >= 0.6 is 23.1 Å². The van der Waals surface area contributed by atoms with Gasteiger partial charge >= 0.3 is 0 Å². The van der Waals surface area contributed by atoms with Crippen LogP contribution in [-0.2, 0) is 4.79 Å². The molecule has 3 aliphatic rings. The highest BCUT2D eigenvalue weighted by Gasteiger charge is 2.54. The van der Waals surface area contributed by atoms with E-state index in [-0.39, 0.29) is 22.9 Å². The topological polar surface area (TPSA) is 68.3 Å². The van der Waals surface area contributed by atoms with Gasteiger partial charge < -0.3 is 10.1 Å². The fourth-order valence-corrected chi connectivity index (χ4v) is 8.38. The summed E-state index contributed by atoms with van der Waals surface area (Å²) in [6.45, 7) is 2.13. The Morgan fingerprint density at radius 3 is 2.31 bits per heavy atom. The van der Waals surface area contributed by atoms with Gasteiger partial charge in [-0.25, -0.2) is 4.98 Å². The lowest BCUT2D eigenvalue weighted by Crippen LogP contribution is -2.43. The maximum absolute atomic E-state index is 14.1. The van der Waals surface area contributed by atoms with Crippen molar-refractivity contribution in [1.29, 1.82) is 0 Å². The molecule has 1 aromatic heterocycles. The van der Waals surface area contributed by atoms with Crippen molar-refractivity contribution in [2.24, 2.45) is 5.41 Å². The minimum atomic E-state index is -0.540. The SMILES string of the molecule is COc1cccc(NC(=O)c2cccc(-c3csc(SC(=O)C4(C)CC5c6ccccc6C4c4ccccc45)n3)c2)c1. The van der Waals surface area contributed by atoms with Crippen molar-refractivity contribution in [2.75, 3.05) is 12.4 Å². The number of nitrogens with one attached hydrogen (secondary N) is 1. The lowest BCUT2D eigenvalue weighted by Gasteiger charge is -2.50. The summed E-state index contributed by atoms with van der Waals surface area (Å²) in [4.78, 5) is 31.9. The van der Waals surface area contributed by atoms with Gasteiger partial charge in [0.1, 0.15) is 5.75 Å². The molecule has 42 heavy (non-hydrogen) atoms. The Morgan fingerprint density at radius 1 is 0.905 bits per heavy atom. The van der Waals surface area contributed by atoms with E-state index >= 15 is 0 Å². The maximum atomic E-state index is 14.1. The summed E-state index contributed by atoms with van der Waals surface area (Å²) in [5.74, 6) is 0.696. The third-order valence-electron chi connectivity index (χ3n) is 8.51. The number of methoxy groups -OCH3 is 1. The normalized spacial score (nSPS) is 20.0. The number of carbonyl (C=O) groups excluding carboxylic acids is 2. The molecular formula is C35H28N2O3S2. The number of anilines is 1. The molecule has 0 aliphatic heterocycles. The lowest BCUT2D eigenvalue weighted by molar-refractivity contribution is -0.120. The Morgan fingerprint density at radius 2 is 1.60 bits per heavy atom. The maximum Gasteiger partial charge on any atom is 0.255 e. The summed E-state index contributed by atoms with van der Waals surface area (Å²) in [7, 11) is 1.59. The minimum absolute atomic E-state index is 0.0223. The Hall–Kier alpha value is -4.20. The average molecular weight is 589 g/mol. The van der Waals surface area contributed by atoms with Crippen molar-refractivity contribution in [3.05, 3.63) is 130 Å². The molecule has 0 radical (unpaired) electrons. The average Bonchev–Trinajstić information content (AvgIpc) is 3.50. The molecule has 3 aliphatic carbocycles. The van der Waals surface area contributed by atoms with Crippen molar-refractivity contribution in [2.45, 2.75) is 29.5 Å². The largest absolute Gasteiger partial charge is 0.497 e. The number of hydrogen-bond acceptors (Lipinski definition) is 6. The smallest absolute Gasteiger partial charge is 0.255 e. The molecule has 7 heteroatoms. The van der Waals surface area contributed by atoms with Crippen LogP contribution in [0.4, 0.5) is 5.69 Å². The fourth-order valence-electron chi connectivity index (χ4n) is 6.52. The van der Waals surface area contributed by atoms with E-state index in [9.17, 15) is 9.59 Å². The molecule has 2 bridgehead atoms. The third-order valence-corrected chi connectivity index (χ3v) is 10.6. The summed E-state index contributed by atoms with van der Waals surface area (Å²) in [6, 6.07) is 31.8. The van der Waals surface area contributed by atoms with Crippen molar-refractivity contribution < 1.29 is 14.3 Å². The number of fused-ring (bicyclic) bond motifs is 1. The first-order valence-electron chi connectivity index (χ1n) is 13.9. The second-order valence-corrected chi connectivity index (χ2v) is 13.1. The zero-order valence-electron chi connectivity index (χ0n) is 23.2. The molecule has 0 fully saturated rings. The highest BCUT2D eigenvalue weighted by Crippen LogP contribution is 2.62. The number of thioether (sulfide) groups is 1. The quantitative estimate of drug-likeness (QED) is 0.202. The highest BCUT2D eigenvalue weighted by molar-refractivity contribution is 8.15.